The average Bonchev–Trinajstić information content (AvgIpc) is 2.84. The summed E-state index contributed by atoms with van der Waals surface area (Å²) in [7, 11) is -3.68. The van der Waals surface area contributed by atoms with Gasteiger partial charge in [0.05, 0.1) is 16.7 Å². The van der Waals surface area contributed by atoms with Crippen molar-refractivity contribution in [3.8, 4) is 0 Å². The molecule has 0 unspecified atom stereocenters. The molecule has 112 valence electrons. The molecule has 0 spiro atoms. The van der Waals surface area contributed by atoms with Gasteiger partial charge in [0.2, 0.25) is 15.2 Å². The first-order valence-electron chi connectivity index (χ1n) is 6.01. The lowest BCUT2D eigenvalue weighted by atomic mass is 10.1. The normalized spacial score (nSPS) is 11.3. The molecule has 0 atom stereocenters. The van der Waals surface area contributed by atoms with E-state index in [4.69, 9.17) is 21.2 Å². The molecule has 0 radical (unpaired) electrons. The maximum absolute atomic E-state index is 11.8. The number of sulfonamides is 1. The third-order valence-electron chi connectivity index (χ3n) is 2.81. The zero-order chi connectivity index (χ0) is 15.5. The number of nitrogens with two attached hydrogens (primary N) is 1. The van der Waals surface area contributed by atoms with E-state index in [9.17, 15) is 13.2 Å². The van der Waals surface area contributed by atoms with Crippen LogP contribution in [-0.4, -0.2) is 20.9 Å². The number of rotatable bonds is 5. The van der Waals surface area contributed by atoms with Gasteiger partial charge in [-0.25, -0.2) is 13.6 Å². The summed E-state index contributed by atoms with van der Waals surface area (Å²) in [6.07, 6.45) is 1.88. The lowest BCUT2D eigenvalue weighted by Gasteiger charge is -2.05. The standard InChI is InChI=1S/C13H13ClN2O4S/c14-12-11(6-8-20-12)13(17)16-7-5-9-1-3-10(4-2-9)21(15,18)19/h1-4,6,8H,5,7H2,(H,16,17)(H2,15,18,19). The summed E-state index contributed by atoms with van der Waals surface area (Å²) < 4.78 is 27.1. The Bertz CT molecular complexity index is 738. The number of carbonyl (C=O) groups is 1. The largest absolute Gasteiger partial charge is 0.452 e. The summed E-state index contributed by atoms with van der Waals surface area (Å²) in [6.45, 7) is 0.384. The van der Waals surface area contributed by atoms with Gasteiger partial charge < -0.3 is 9.73 Å². The Morgan fingerprint density at radius 1 is 1.24 bits per heavy atom. The second-order valence-corrected chi connectivity index (χ2v) is 6.21. The minimum absolute atomic E-state index is 0.0463. The number of halogens is 1. The number of nitrogens with one attached hydrogen (secondary N) is 1. The van der Waals surface area contributed by atoms with Crippen molar-refractivity contribution >= 4 is 27.5 Å². The van der Waals surface area contributed by atoms with Crippen LogP contribution in [-0.2, 0) is 16.4 Å². The van der Waals surface area contributed by atoms with Gasteiger partial charge in [-0.1, -0.05) is 12.1 Å². The smallest absolute Gasteiger partial charge is 0.256 e. The zero-order valence-corrected chi connectivity index (χ0v) is 12.4. The third kappa shape index (κ3) is 4.07. The monoisotopic (exact) mass is 328 g/mol. The predicted octanol–water partition coefficient (Wildman–Crippen LogP) is 1.55. The van der Waals surface area contributed by atoms with Crippen molar-refractivity contribution in [1.82, 2.24) is 5.32 Å². The van der Waals surface area contributed by atoms with Crippen molar-refractivity contribution in [3.63, 3.8) is 0 Å². The molecule has 8 heteroatoms. The van der Waals surface area contributed by atoms with E-state index in [2.05, 4.69) is 5.32 Å². The Labute approximate surface area is 126 Å². The molecule has 0 bridgehead atoms. The molecule has 0 aliphatic carbocycles. The molecule has 2 aromatic rings. The molecule has 3 N–H and O–H groups in total. The molecule has 0 saturated carbocycles. The number of furan rings is 1. The first kappa shape index (κ1) is 15.6. The van der Waals surface area contributed by atoms with E-state index in [1.807, 2.05) is 0 Å². The molecule has 1 heterocycles. The molecular weight excluding hydrogens is 316 g/mol. The van der Waals surface area contributed by atoms with Crippen molar-refractivity contribution in [1.29, 1.82) is 0 Å². The molecule has 1 aromatic heterocycles. The van der Waals surface area contributed by atoms with E-state index in [-0.39, 0.29) is 21.6 Å². The molecule has 0 aliphatic heterocycles. The molecule has 1 amide bonds. The van der Waals surface area contributed by atoms with E-state index >= 15 is 0 Å². The minimum Gasteiger partial charge on any atom is -0.452 e. The van der Waals surface area contributed by atoms with Gasteiger partial charge in [0.15, 0.2) is 0 Å². The molecular formula is C13H13ClN2O4S. The van der Waals surface area contributed by atoms with E-state index in [1.165, 1.54) is 24.5 Å². The Morgan fingerprint density at radius 2 is 1.90 bits per heavy atom. The summed E-state index contributed by atoms with van der Waals surface area (Å²) >= 11 is 5.69. The average molecular weight is 329 g/mol. The van der Waals surface area contributed by atoms with E-state index < -0.39 is 10.0 Å². The van der Waals surface area contributed by atoms with Gasteiger partial charge in [0.25, 0.3) is 5.91 Å². The Morgan fingerprint density at radius 3 is 2.43 bits per heavy atom. The van der Waals surface area contributed by atoms with Crippen LogP contribution in [0, 0.1) is 0 Å². The number of amides is 1. The molecule has 1 aromatic carbocycles. The highest BCUT2D eigenvalue weighted by atomic mass is 35.5. The number of hydrogen-bond acceptors (Lipinski definition) is 4. The second kappa shape index (κ2) is 6.30. The Kier molecular flexibility index (Phi) is 4.66. The van der Waals surface area contributed by atoms with Gasteiger partial charge in [-0.15, -0.1) is 0 Å². The third-order valence-corrected chi connectivity index (χ3v) is 4.04. The van der Waals surface area contributed by atoms with E-state index in [1.54, 1.807) is 12.1 Å². The van der Waals surface area contributed by atoms with Gasteiger partial charge in [0, 0.05) is 6.54 Å². The highest BCUT2D eigenvalue weighted by Gasteiger charge is 2.12. The quantitative estimate of drug-likeness (QED) is 0.869. The predicted molar refractivity (Wildman–Crippen MR) is 77.6 cm³/mol. The lowest BCUT2D eigenvalue weighted by Crippen LogP contribution is -2.25. The first-order chi connectivity index (χ1) is 9.88. The SMILES string of the molecule is NS(=O)(=O)c1ccc(CCNC(=O)c2ccoc2Cl)cc1. The summed E-state index contributed by atoms with van der Waals surface area (Å²) in [5.41, 5.74) is 1.15. The summed E-state index contributed by atoms with van der Waals surface area (Å²) in [6, 6.07) is 7.64. The van der Waals surface area contributed by atoms with Gasteiger partial charge in [0.1, 0.15) is 0 Å². The maximum Gasteiger partial charge on any atom is 0.256 e. The second-order valence-electron chi connectivity index (χ2n) is 4.30. The van der Waals surface area contributed by atoms with Gasteiger partial charge in [-0.2, -0.15) is 0 Å². The van der Waals surface area contributed by atoms with Crippen LogP contribution in [0.4, 0.5) is 0 Å². The number of hydrogen-bond donors (Lipinski definition) is 2. The summed E-state index contributed by atoms with van der Waals surface area (Å²) in [5, 5.41) is 7.75. The topological polar surface area (TPSA) is 102 Å². The maximum atomic E-state index is 11.8. The van der Waals surface area contributed by atoms with Crippen LogP contribution < -0.4 is 10.5 Å². The fraction of sp³-hybridized carbons (Fsp3) is 0.154. The van der Waals surface area contributed by atoms with Crippen molar-refractivity contribution in [3.05, 3.63) is 52.9 Å². The Balaban J connectivity index is 1.89. The van der Waals surface area contributed by atoms with Crippen LogP contribution in [0.5, 0.6) is 0 Å². The van der Waals surface area contributed by atoms with Crippen molar-refractivity contribution in [2.24, 2.45) is 5.14 Å². The fourth-order valence-electron chi connectivity index (χ4n) is 1.72. The zero-order valence-electron chi connectivity index (χ0n) is 10.9. The minimum atomic E-state index is -3.68. The molecule has 6 nitrogen and oxygen atoms in total. The lowest BCUT2D eigenvalue weighted by molar-refractivity contribution is 0.0953. The number of primary sulfonamides is 1. The molecule has 2 rings (SSSR count). The molecule has 21 heavy (non-hydrogen) atoms. The van der Waals surface area contributed by atoms with E-state index in [0.717, 1.165) is 5.56 Å². The Hall–Kier alpha value is -1.83. The highest BCUT2D eigenvalue weighted by molar-refractivity contribution is 7.89. The van der Waals surface area contributed by atoms with Gasteiger partial charge in [-0.05, 0) is 41.8 Å². The van der Waals surface area contributed by atoms with Gasteiger partial charge in [-0.3, -0.25) is 4.79 Å². The first-order valence-corrected chi connectivity index (χ1v) is 7.93. The van der Waals surface area contributed by atoms with Crippen LogP contribution in [0.25, 0.3) is 0 Å². The molecule has 0 saturated heterocycles. The van der Waals surface area contributed by atoms with Crippen molar-refractivity contribution in [2.45, 2.75) is 11.3 Å². The fourth-order valence-corrected chi connectivity index (χ4v) is 2.43. The van der Waals surface area contributed by atoms with Crippen LogP contribution >= 0.6 is 11.6 Å². The summed E-state index contributed by atoms with van der Waals surface area (Å²) in [4.78, 5) is 11.8. The van der Waals surface area contributed by atoms with Crippen molar-refractivity contribution in [2.75, 3.05) is 6.54 Å². The number of carbonyl (C=O) groups excluding carboxylic acids is 1. The molecule has 0 aliphatic rings. The van der Waals surface area contributed by atoms with Crippen LogP contribution in [0.15, 0.2) is 45.9 Å². The summed E-state index contributed by atoms with van der Waals surface area (Å²) in [5.74, 6) is -0.324. The van der Waals surface area contributed by atoms with Crippen LogP contribution in [0.1, 0.15) is 15.9 Å². The number of benzene rings is 1. The van der Waals surface area contributed by atoms with Crippen LogP contribution in [0.3, 0.4) is 0 Å². The van der Waals surface area contributed by atoms with Crippen LogP contribution in [0.2, 0.25) is 5.22 Å². The van der Waals surface area contributed by atoms with E-state index in [0.29, 0.717) is 13.0 Å². The molecule has 0 fully saturated rings. The highest BCUT2D eigenvalue weighted by Crippen LogP contribution is 2.16. The van der Waals surface area contributed by atoms with Crippen molar-refractivity contribution < 1.29 is 17.6 Å². The van der Waals surface area contributed by atoms with Gasteiger partial charge >= 0.3 is 0 Å².